The highest BCUT2D eigenvalue weighted by atomic mass is 35.5. The van der Waals surface area contributed by atoms with E-state index in [1.54, 1.807) is 73.7 Å². The Balaban J connectivity index is 2.03. The average Bonchev–Trinajstić information content (AvgIpc) is 2.90. The number of carbonyl (C=O) groups is 2. The van der Waals surface area contributed by atoms with Crippen molar-refractivity contribution in [3.8, 4) is 5.75 Å². The van der Waals surface area contributed by atoms with Gasteiger partial charge in [0.1, 0.15) is 18.3 Å². The molecule has 0 spiro atoms. The van der Waals surface area contributed by atoms with E-state index in [0.29, 0.717) is 10.8 Å². The molecular weight excluding hydrogens is 502 g/mol. The highest BCUT2D eigenvalue weighted by Gasteiger charge is 2.32. The van der Waals surface area contributed by atoms with Gasteiger partial charge in [-0.3, -0.25) is 13.9 Å². The first kappa shape index (κ1) is 27.0. The highest BCUT2D eigenvalue weighted by molar-refractivity contribution is 7.92. The summed E-state index contributed by atoms with van der Waals surface area (Å²) in [6, 6.07) is 20.3. The van der Waals surface area contributed by atoms with Gasteiger partial charge < -0.3 is 15.0 Å². The van der Waals surface area contributed by atoms with E-state index in [9.17, 15) is 18.0 Å². The minimum atomic E-state index is -4.13. The van der Waals surface area contributed by atoms with Gasteiger partial charge in [-0.2, -0.15) is 0 Å². The van der Waals surface area contributed by atoms with E-state index in [2.05, 4.69) is 5.32 Å². The summed E-state index contributed by atoms with van der Waals surface area (Å²) in [4.78, 5) is 27.5. The minimum absolute atomic E-state index is 0.0317. The molecule has 0 bridgehead atoms. The molecule has 8 nitrogen and oxygen atoms in total. The summed E-state index contributed by atoms with van der Waals surface area (Å²) < 4.78 is 33.6. The fraction of sp³-hybridized carbons (Fsp3) is 0.231. The van der Waals surface area contributed by atoms with E-state index < -0.39 is 28.5 Å². The second kappa shape index (κ2) is 11.9. The molecule has 0 unspecified atom stereocenters. The number of carbonyl (C=O) groups excluding carboxylic acids is 2. The Morgan fingerprint density at radius 3 is 2.28 bits per heavy atom. The van der Waals surface area contributed by atoms with E-state index in [1.165, 1.54) is 31.2 Å². The predicted octanol–water partition coefficient (Wildman–Crippen LogP) is 3.71. The van der Waals surface area contributed by atoms with Crippen molar-refractivity contribution in [1.82, 2.24) is 10.2 Å². The van der Waals surface area contributed by atoms with Gasteiger partial charge >= 0.3 is 0 Å². The third-order valence-electron chi connectivity index (χ3n) is 5.63. The molecule has 1 atom stereocenters. The zero-order valence-corrected chi connectivity index (χ0v) is 21.8. The van der Waals surface area contributed by atoms with Crippen molar-refractivity contribution in [1.29, 1.82) is 0 Å². The topological polar surface area (TPSA) is 96.0 Å². The zero-order valence-electron chi connectivity index (χ0n) is 20.2. The molecular formula is C26H28ClN3O5S. The normalized spacial score (nSPS) is 11.9. The number of sulfonamides is 1. The van der Waals surface area contributed by atoms with Gasteiger partial charge in [-0.1, -0.05) is 48.0 Å². The van der Waals surface area contributed by atoms with E-state index in [4.69, 9.17) is 16.3 Å². The molecule has 2 amide bonds. The lowest BCUT2D eigenvalue weighted by molar-refractivity contribution is -0.139. The van der Waals surface area contributed by atoms with Gasteiger partial charge in [0, 0.05) is 24.7 Å². The standard InChI is InChI=1S/C26H28ClN3O5S/c1-19(26(32)28-2)29(17-20-12-14-21(27)15-13-20)25(31)18-30(22-8-7-9-23(16-22)35-3)36(33,34)24-10-5-4-6-11-24/h4-16,19H,17-18H2,1-3H3,(H,28,32)/t19-/m1/s1. The number of methoxy groups -OCH3 is 1. The first-order valence-electron chi connectivity index (χ1n) is 11.1. The minimum Gasteiger partial charge on any atom is -0.497 e. The van der Waals surface area contributed by atoms with Crippen LogP contribution in [0.15, 0.2) is 83.8 Å². The summed E-state index contributed by atoms with van der Waals surface area (Å²) in [7, 11) is -1.18. The summed E-state index contributed by atoms with van der Waals surface area (Å²) in [5.41, 5.74) is 0.993. The summed E-state index contributed by atoms with van der Waals surface area (Å²) in [6.07, 6.45) is 0. The monoisotopic (exact) mass is 529 g/mol. The Morgan fingerprint density at radius 1 is 1.00 bits per heavy atom. The molecule has 3 rings (SSSR count). The quantitative estimate of drug-likeness (QED) is 0.432. The van der Waals surface area contributed by atoms with Crippen molar-refractivity contribution in [2.45, 2.75) is 24.4 Å². The number of hydrogen-bond acceptors (Lipinski definition) is 5. The molecule has 36 heavy (non-hydrogen) atoms. The number of halogens is 1. The largest absolute Gasteiger partial charge is 0.497 e. The van der Waals surface area contributed by atoms with Crippen LogP contribution >= 0.6 is 11.6 Å². The summed E-state index contributed by atoms with van der Waals surface area (Å²) in [5, 5.41) is 3.09. The molecule has 0 saturated carbocycles. The number of hydrogen-bond donors (Lipinski definition) is 1. The lowest BCUT2D eigenvalue weighted by Gasteiger charge is -2.31. The van der Waals surface area contributed by atoms with Gasteiger partial charge in [-0.05, 0) is 48.9 Å². The van der Waals surface area contributed by atoms with Crippen LogP contribution in [0.3, 0.4) is 0 Å². The number of amides is 2. The third kappa shape index (κ3) is 6.35. The van der Waals surface area contributed by atoms with Crippen LogP contribution in [0, 0.1) is 0 Å². The predicted molar refractivity (Wildman–Crippen MR) is 139 cm³/mol. The van der Waals surface area contributed by atoms with Gasteiger partial charge in [0.05, 0.1) is 17.7 Å². The molecule has 0 fully saturated rings. The van der Waals surface area contributed by atoms with Crippen LogP contribution in [0.4, 0.5) is 5.69 Å². The van der Waals surface area contributed by atoms with E-state index in [0.717, 1.165) is 9.87 Å². The lowest BCUT2D eigenvalue weighted by atomic mass is 10.1. The van der Waals surface area contributed by atoms with E-state index in [-0.39, 0.29) is 23.0 Å². The summed E-state index contributed by atoms with van der Waals surface area (Å²) in [5.74, 6) is -0.496. The number of rotatable bonds is 10. The first-order chi connectivity index (χ1) is 17.2. The Kier molecular flexibility index (Phi) is 8.95. The highest BCUT2D eigenvalue weighted by Crippen LogP contribution is 2.27. The molecule has 10 heteroatoms. The first-order valence-corrected chi connectivity index (χ1v) is 13.0. The molecule has 1 N–H and O–H groups in total. The van der Waals surface area contributed by atoms with Crippen LogP contribution in [-0.2, 0) is 26.2 Å². The number of nitrogens with zero attached hydrogens (tertiary/aromatic N) is 2. The molecule has 190 valence electrons. The van der Waals surface area contributed by atoms with Crippen molar-refractivity contribution >= 4 is 39.1 Å². The zero-order chi connectivity index (χ0) is 26.3. The van der Waals surface area contributed by atoms with Gasteiger partial charge in [0.15, 0.2) is 0 Å². The Labute approximate surface area is 216 Å². The fourth-order valence-electron chi connectivity index (χ4n) is 3.59. The number of benzene rings is 3. The van der Waals surface area contributed by atoms with Crippen LogP contribution in [0.2, 0.25) is 5.02 Å². The maximum atomic E-state index is 13.7. The molecule has 0 aromatic heterocycles. The van der Waals surface area contributed by atoms with Crippen LogP contribution in [0.25, 0.3) is 0 Å². The van der Waals surface area contributed by atoms with Gasteiger partial charge in [-0.25, -0.2) is 8.42 Å². The van der Waals surface area contributed by atoms with Crippen molar-refractivity contribution in [3.63, 3.8) is 0 Å². The van der Waals surface area contributed by atoms with E-state index in [1.807, 2.05) is 0 Å². The molecule has 3 aromatic carbocycles. The number of ether oxygens (including phenoxy) is 1. The van der Waals surface area contributed by atoms with Crippen LogP contribution in [-0.4, -0.2) is 51.9 Å². The van der Waals surface area contributed by atoms with Crippen LogP contribution < -0.4 is 14.4 Å². The van der Waals surface area contributed by atoms with Crippen molar-refractivity contribution in [2.24, 2.45) is 0 Å². The molecule has 0 aliphatic rings. The Bertz CT molecular complexity index is 1300. The maximum absolute atomic E-state index is 13.7. The van der Waals surface area contributed by atoms with Crippen molar-refractivity contribution in [3.05, 3.63) is 89.4 Å². The number of nitrogens with one attached hydrogen (secondary N) is 1. The summed E-state index contributed by atoms with van der Waals surface area (Å²) in [6.45, 7) is 1.15. The van der Waals surface area contributed by atoms with Gasteiger partial charge in [0.2, 0.25) is 11.8 Å². The van der Waals surface area contributed by atoms with Crippen molar-refractivity contribution in [2.75, 3.05) is 25.0 Å². The summed E-state index contributed by atoms with van der Waals surface area (Å²) >= 11 is 5.99. The number of likely N-dealkylation sites (N-methyl/N-ethyl adjacent to an activating group) is 1. The molecule has 0 heterocycles. The smallest absolute Gasteiger partial charge is 0.264 e. The van der Waals surface area contributed by atoms with Crippen LogP contribution in [0.1, 0.15) is 12.5 Å². The van der Waals surface area contributed by atoms with E-state index >= 15 is 0 Å². The third-order valence-corrected chi connectivity index (χ3v) is 7.67. The SMILES string of the molecule is CNC(=O)[C@@H](C)N(Cc1ccc(Cl)cc1)C(=O)CN(c1cccc(OC)c1)S(=O)(=O)c1ccccc1. The van der Waals surface area contributed by atoms with Crippen molar-refractivity contribution < 1.29 is 22.7 Å². The maximum Gasteiger partial charge on any atom is 0.264 e. The molecule has 0 aliphatic heterocycles. The average molecular weight is 530 g/mol. The van der Waals surface area contributed by atoms with Crippen LogP contribution in [0.5, 0.6) is 5.75 Å². The molecule has 3 aromatic rings. The van der Waals surface area contributed by atoms with Gasteiger partial charge in [0.25, 0.3) is 10.0 Å². The second-order valence-electron chi connectivity index (χ2n) is 7.96. The molecule has 0 radical (unpaired) electrons. The second-order valence-corrected chi connectivity index (χ2v) is 10.3. The Hall–Kier alpha value is -3.56. The Morgan fingerprint density at radius 2 is 1.67 bits per heavy atom. The molecule has 0 saturated heterocycles. The molecule has 0 aliphatic carbocycles. The fourth-order valence-corrected chi connectivity index (χ4v) is 5.15. The lowest BCUT2D eigenvalue weighted by Crippen LogP contribution is -2.50. The number of anilines is 1. The van der Waals surface area contributed by atoms with Gasteiger partial charge in [-0.15, -0.1) is 0 Å².